The fourth-order valence-electron chi connectivity index (χ4n) is 2.50. The third-order valence-corrected chi connectivity index (χ3v) is 6.63. The van der Waals surface area contributed by atoms with Crippen molar-refractivity contribution in [3.63, 3.8) is 0 Å². The van der Waals surface area contributed by atoms with Gasteiger partial charge in [-0.1, -0.05) is 42.5 Å². The van der Waals surface area contributed by atoms with E-state index in [4.69, 9.17) is 18.0 Å². The van der Waals surface area contributed by atoms with Crippen LogP contribution in [-0.2, 0) is 10.0 Å². The zero-order chi connectivity index (χ0) is 15.6. The minimum absolute atomic E-state index is 0.0146. The number of nitrogens with two attached hydrogens (primary N) is 1. The molecule has 0 amide bonds. The Morgan fingerprint density at radius 2 is 1.95 bits per heavy atom. The zero-order valence-corrected chi connectivity index (χ0v) is 13.9. The van der Waals surface area contributed by atoms with Crippen LogP contribution in [0.4, 0.5) is 0 Å². The van der Waals surface area contributed by atoms with Crippen molar-refractivity contribution in [2.24, 2.45) is 5.73 Å². The highest BCUT2D eigenvalue weighted by Gasteiger charge is 2.38. The minimum Gasteiger partial charge on any atom is -0.392 e. The minimum atomic E-state index is -3.54. The van der Waals surface area contributed by atoms with Gasteiger partial charge in [-0.05, 0) is 19.5 Å². The molecule has 1 aromatic rings. The lowest BCUT2D eigenvalue weighted by atomic mass is 10.1. The number of rotatable bonds is 4. The molecule has 1 heterocycles. The van der Waals surface area contributed by atoms with Gasteiger partial charge in [-0.3, -0.25) is 0 Å². The van der Waals surface area contributed by atoms with Crippen molar-refractivity contribution in [3.05, 3.63) is 35.9 Å². The largest absolute Gasteiger partial charge is 0.392 e. The van der Waals surface area contributed by atoms with Crippen LogP contribution in [0, 0.1) is 0 Å². The van der Waals surface area contributed by atoms with Crippen molar-refractivity contribution in [1.82, 2.24) is 9.21 Å². The molecule has 0 bridgehead atoms. The van der Waals surface area contributed by atoms with Crippen LogP contribution in [0.15, 0.2) is 30.3 Å². The summed E-state index contributed by atoms with van der Waals surface area (Å²) >= 11 is 4.88. The highest BCUT2D eigenvalue weighted by molar-refractivity contribution is 7.92. The number of hydrogen-bond acceptors (Lipinski definition) is 4. The van der Waals surface area contributed by atoms with Crippen molar-refractivity contribution in [2.45, 2.75) is 18.2 Å². The molecule has 21 heavy (non-hydrogen) atoms. The van der Waals surface area contributed by atoms with Crippen LogP contribution in [0.3, 0.4) is 0 Å². The van der Waals surface area contributed by atoms with Crippen molar-refractivity contribution >= 4 is 27.2 Å². The highest BCUT2D eigenvalue weighted by atomic mass is 32.2. The fraction of sp³-hybridized carbons (Fsp3) is 0.500. The van der Waals surface area contributed by atoms with E-state index >= 15 is 0 Å². The topological polar surface area (TPSA) is 66.6 Å². The smallest absolute Gasteiger partial charge is 0.223 e. The molecule has 2 unspecified atom stereocenters. The van der Waals surface area contributed by atoms with Crippen LogP contribution in [0.2, 0.25) is 0 Å². The Hall–Kier alpha value is -1.02. The second kappa shape index (κ2) is 6.39. The first-order valence-corrected chi connectivity index (χ1v) is 8.78. The van der Waals surface area contributed by atoms with Gasteiger partial charge in [0.15, 0.2) is 0 Å². The van der Waals surface area contributed by atoms with Gasteiger partial charge in [-0.2, -0.15) is 4.31 Å². The molecule has 2 rings (SSSR count). The molecular formula is C14H21N3O2S2. The summed E-state index contributed by atoms with van der Waals surface area (Å²) in [6, 6.07) is 9.48. The van der Waals surface area contributed by atoms with Crippen molar-refractivity contribution < 1.29 is 8.42 Å². The quantitative estimate of drug-likeness (QED) is 0.835. The molecule has 5 nitrogen and oxygen atoms in total. The molecule has 0 radical (unpaired) electrons. The van der Waals surface area contributed by atoms with Crippen LogP contribution in [-0.4, -0.2) is 54.5 Å². The lowest BCUT2D eigenvalue weighted by molar-refractivity contribution is 0.160. The fourth-order valence-corrected chi connectivity index (χ4v) is 4.45. The van der Waals surface area contributed by atoms with Gasteiger partial charge in [0.2, 0.25) is 10.0 Å². The van der Waals surface area contributed by atoms with E-state index in [1.165, 1.54) is 0 Å². The van der Waals surface area contributed by atoms with Gasteiger partial charge in [0.05, 0.1) is 11.0 Å². The molecule has 0 aliphatic carbocycles. The first-order chi connectivity index (χ1) is 9.84. The molecule has 1 saturated heterocycles. The molecule has 2 N–H and O–H groups in total. The Morgan fingerprint density at radius 1 is 1.33 bits per heavy atom. The molecule has 116 valence electrons. The standard InChI is InChI=1S/C14H21N3O2S2/c1-11(14(15)20)21(18,19)17-9-8-16(2)10-13(17)12-6-4-3-5-7-12/h3-7,11,13H,8-10H2,1-2H3,(H2,15,20). The van der Waals surface area contributed by atoms with Crippen LogP contribution in [0.5, 0.6) is 0 Å². The normalized spacial score (nSPS) is 22.9. The predicted octanol–water partition coefficient (Wildman–Crippen LogP) is 0.980. The van der Waals surface area contributed by atoms with Gasteiger partial charge in [-0.25, -0.2) is 8.42 Å². The first-order valence-electron chi connectivity index (χ1n) is 6.87. The molecule has 0 saturated carbocycles. The lowest BCUT2D eigenvalue weighted by Crippen LogP contribution is -2.53. The predicted molar refractivity (Wildman–Crippen MR) is 88.6 cm³/mol. The Labute approximate surface area is 131 Å². The van der Waals surface area contributed by atoms with E-state index in [1.807, 2.05) is 37.4 Å². The molecule has 7 heteroatoms. The van der Waals surface area contributed by atoms with Gasteiger partial charge < -0.3 is 10.6 Å². The number of nitrogens with zero attached hydrogens (tertiary/aromatic N) is 2. The number of hydrogen-bond donors (Lipinski definition) is 1. The molecule has 0 spiro atoms. The summed E-state index contributed by atoms with van der Waals surface area (Å²) in [5.74, 6) is 0. The third kappa shape index (κ3) is 3.42. The summed E-state index contributed by atoms with van der Waals surface area (Å²) in [5, 5.41) is -0.845. The molecule has 1 aliphatic rings. The van der Waals surface area contributed by atoms with E-state index in [2.05, 4.69) is 4.90 Å². The third-order valence-electron chi connectivity index (χ3n) is 3.89. The van der Waals surface area contributed by atoms with Gasteiger partial charge in [-0.15, -0.1) is 0 Å². The maximum Gasteiger partial charge on any atom is 0.223 e. The number of likely N-dealkylation sites (N-methyl/N-ethyl adjacent to an activating group) is 1. The van der Waals surface area contributed by atoms with E-state index in [1.54, 1.807) is 11.2 Å². The van der Waals surface area contributed by atoms with Gasteiger partial charge in [0.1, 0.15) is 5.25 Å². The van der Waals surface area contributed by atoms with Gasteiger partial charge >= 0.3 is 0 Å². The Balaban J connectivity index is 2.38. The summed E-state index contributed by atoms with van der Waals surface area (Å²) in [6.45, 7) is 3.36. The summed E-state index contributed by atoms with van der Waals surface area (Å²) in [4.78, 5) is 2.15. The second-order valence-electron chi connectivity index (χ2n) is 5.39. The molecule has 1 aromatic carbocycles. The van der Waals surface area contributed by atoms with E-state index < -0.39 is 15.3 Å². The molecule has 1 fully saturated rings. The average Bonchev–Trinajstić information content (AvgIpc) is 2.46. The van der Waals surface area contributed by atoms with Crippen molar-refractivity contribution in [1.29, 1.82) is 0 Å². The van der Waals surface area contributed by atoms with Crippen molar-refractivity contribution in [2.75, 3.05) is 26.7 Å². The summed E-state index contributed by atoms with van der Waals surface area (Å²) in [7, 11) is -1.54. The summed E-state index contributed by atoms with van der Waals surface area (Å²) < 4.78 is 27.1. The average molecular weight is 327 g/mol. The molecular weight excluding hydrogens is 306 g/mol. The molecule has 2 atom stereocenters. The number of sulfonamides is 1. The number of piperazine rings is 1. The molecule has 1 aliphatic heterocycles. The van der Waals surface area contributed by atoms with E-state index in [-0.39, 0.29) is 11.0 Å². The van der Waals surface area contributed by atoms with Gasteiger partial charge in [0, 0.05) is 19.6 Å². The Bertz CT molecular complexity index is 604. The van der Waals surface area contributed by atoms with Crippen LogP contribution in [0.1, 0.15) is 18.5 Å². The van der Waals surface area contributed by atoms with E-state index in [9.17, 15) is 8.42 Å². The number of benzene rings is 1. The summed E-state index contributed by atoms with van der Waals surface area (Å²) in [5.41, 5.74) is 6.54. The Kier molecular flexibility index (Phi) is 4.98. The maximum atomic E-state index is 12.8. The highest BCUT2D eigenvalue weighted by Crippen LogP contribution is 2.29. The first kappa shape index (κ1) is 16.4. The van der Waals surface area contributed by atoms with Crippen molar-refractivity contribution in [3.8, 4) is 0 Å². The monoisotopic (exact) mass is 327 g/mol. The van der Waals surface area contributed by atoms with E-state index in [0.29, 0.717) is 19.6 Å². The number of thiocarbonyl (C=S) groups is 1. The molecule has 0 aromatic heterocycles. The maximum absolute atomic E-state index is 12.8. The van der Waals surface area contributed by atoms with E-state index in [0.717, 1.165) is 5.56 Å². The van der Waals surface area contributed by atoms with Gasteiger partial charge in [0.25, 0.3) is 0 Å². The van der Waals surface area contributed by atoms with Crippen LogP contribution < -0.4 is 5.73 Å². The summed E-state index contributed by atoms with van der Waals surface area (Å²) in [6.07, 6.45) is 0. The SMILES string of the molecule is CC(C(N)=S)S(=O)(=O)N1CCN(C)CC1c1ccccc1. The van der Waals surface area contributed by atoms with Crippen LogP contribution in [0.25, 0.3) is 0 Å². The van der Waals surface area contributed by atoms with Crippen LogP contribution >= 0.6 is 12.2 Å². The Morgan fingerprint density at radius 3 is 2.52 bits per heavy atom. The lowest BCUT2D eigenvalue weighted by Gasteiger charge is -2.40. The zero-order valence-electron chi connectivity index (χ0n) is 12.3. The second-order valence-corrected chi connectivity index (χ2v) is 8.07.